The number of carbonyl (C=O) groups is 2. The van der Waals surface area contributed by atoms with E-state index in [4.69, 9.17) is 5.73 Å². The van der Waals surface area contributed by atoms with E-state index in [2.05, 4.69) is 20.7 Å². The summed E-state index contributed by atoms with van der Waals surface area (Å²) in [6.45, 7) is 0.939. The van der Waals surface area contributed by atoms with Crippen molar-refractivity contribution in [3.05, 3.63) is 84.8 Å². The highest BCUT2D eigenvalue weighted by molar-refractivity contribution is 6.00. The first-order chi connectivity index (χ1) is 17.5. The number of aryl methyl sites for hydroxylation is 1. The number of para-hydroxylation sites is 1. The molecule has 4 aromatic rings. The lowest BCUT2D eigenvalue weighted by Crippen LogP contribution is -2.40. The molecule has 1 saturated heterocycles. The quantitative estimate of drug-likeness (QED) is 0.401. The number of aromatic nitrogens is 3. The maximum Gasteiger partial charge on any atom is 0.321 e. The number of likely N-dealkylation sites (tertiary alicyclic amines) is 1. The van der Waals surface area contributed by atoms with E-state index in [9.17, 15) is 9.59 Å². The van der Waals surface area contributed by atoms with E-state index in [1.165, 1.54) is 0 Å². The molecule has 1 fully saturated rings. The molecule has 9 nitrogen and oxygen atoms in total. The number of amides is 3. The van der Waals surface area contributed by atoms with Crippen LogP contribution in [-0.2, 0) is 7.05 Å². The molecule has 4 N–H and O–H groups in total. The topological polar surface area (TPSA) is 118 Å². The molecule has 2 aromatic heterocycles. The summed E-state index contributed by atoms with van der Waals surface area (Å²) in [4.78, 5) is 31.9. The van der Waals surface area contributed by atoms with Gasteiger partial charge in [0, 0.05) is 55.3 Å². The molecule has 0 saturated carbocycles. The lowest BCUT2D eigenvalue weighted by atomic mass is 10.0. The fourth-order valence-electron chi connectivity index (χ4n) is 4.37. The van der Waals surface area contributed by atoms with Gasteiger partial charge in [-0.1, -0.05) is 48.5 Å². The summed E-state index contributed by atoms with van der Waals surface area (Å²) in [5.41, 5.74) is 10.6. The smallest absolute Gasteiger partial charge is 0.321 e. The van der Waals surface area contributed by atoms with E-state index in [1.807, 2.05) is 67.8 Å². The minimum Gasteiger partial charge on any atom is -0.383 e. The lowest BCUT2D eigenvalue weighted by Gasteiger charge is -2.19. The summed E-state index contributed by atoms with van der Waals surface area (Å²) >= 11 is 0. The number of nitrogens with zero attached hydrogens (tertiary/aromatic N) is 4. The Balaban J connectivity index is 1.23. The van der Waals surface area contributed by atoms with Crippen LogP contribution in [0, 0.1) is 0 Å². The zero-order valence-electron chi connectivity index (χ0n) is 19.9. The second-order valence-corrected chi connectivity index (χ2v) is 8.81. The Kier molecular flexibility index (Phi) is 6.36. The van der Waals surface area contributed by atoms with Crippen LogP contribution in [0.15, 0.2) is 79.3 Å². The van der Waals surface area contributed by atoms with E-state index in [0.29, 0.717) is 25.1 Å². The van der Waals surface area contributed by atoms with Gasteiger partial charge in [-0.05, 0) is 24.1 Å². The Morgan fingerprint density at radius 1 is 1.00 bits per heavy atom. The van der Waals surface area contributed by atoms with Crippen molar-refractivity contribution in [1.82, 2.24) is 25.0 Å². The number of urea groups is 1. The van der Waals surface area contributed by atoms with Crippen LogP contribution in [0.3, 0.4) is 0 Å². The molecule has 1 atom stereocenters. The van der Waals surface area contributed by atoms with E-state index in [-0.39, 0.29) is 23.8 Å². The van der Waals surface area contributed by atoms with Crippen molar-refractivity contribution in [3.8, 4) is 22.3 Å². The maximum absolute atomic E-state index is 13.0. The molecule has 0 radical (unpaired) electrons. The van der Waals surface area contributed by atoms with Gasteiger partial charge in [0.25, 0.3) is 5.91 Å². The summed E-state index contributed by atoms with van der Waals surface area (Å²) < 4.78 is 1.68. The number of rotatable bonds is 5. The normalized spacial score (nSPS) is 15.0. The van der Waals surface area contributed by atoms with Crippen LogP contribution in [0.25, 0.3) is 22.3 Å². The second kappa shape index (κ2) is 9.91. The monoisotopic (exact) mass is 481 g/mol. The molecule has 0 aliphatic carbocycles. The fraction of sp³-hybridized carbons (Fsp3) is 0.185. The van der Waals surface area contributed by atoms with Crippen molar-refractivity contribution < 1.29 is 9.59 Å². The van der Waals surface area contributed by atoms with Gasteiger partial charge in [-0.2, -0.15) is 5.10 Å². The van der Waals surface area contributed by atoms with Gasteiger partial charge in [0.05, 0.1) is 17.4 Å². The molecule has 2 aromatic carbocycles. The Morgan fingerprint density at radius 2 is 1.78 bits per heavy atom. The van der Waals surface area contributed by atoms with Crippen LogP contribution in [0.5, 0.6) is 0 Å². The fourth-order valence-corrected chi connectivity index (χ4v) is 4.37. The maximum atomic E-state index is 13.0. The number of benzene rings is 2. The van der Waals surface area contributed by atoms with Gasteiger partial charge in [-0.3, -0.25) is 9.48 Å². The molecule has 1 aliphatic heterocycles. The molecule has 0 bridgehead atoms. The van der Waals surface area contributed by atoms with Gasteiger partial charge in [0.15, 0.2) is 0 Å². The summed E-state index contributed by atoms with van der Waals surface area (Å²) in [6.07, 6.45) is 5.82. The van der Waals surface area contributed by atoms with Crippen LogP contribution in [-0.4, -0.2) is 50.7 Å². The van der Waals surface area contributed by atoms with Crippen molar-refractivity contribution in [2.24, 2.45) is 7.05 Å². The van der Waals surface area contributed by atoms with Crippen molar-refractivity contribution in [1.29, 1.82) is 0 Å². The highest BCUT2D eigenvalue weighted by atomic mass is 16.2. The van der Waals surface area contributed by atoms with Crippen LogP contribution in [0.4, 0.5) is 16.3 Å². The number of nitrogens with two attached hydrogens (primary N) is 1. The SMILES string of the molecule is Cn1cc(-c2cnc(N)c(C(=O)N[C@@H]3CCN(C(=O)Nc4ccccc4-c4ccccc4)C3)c2)cn1. The zero-order chi connectivity index (χ0) is 25.1. The molecule has 36 heavy (non-hydrogen) atoms. The highest BCUT2D eigenvalue weighted by Crippen LogP contribution is 2.28. The minimum absolute atomic E-state index is 0.158. The van der Waals surface area contributed by atoms with Gasteiger partial charge >= 0.3 is 6.03 Å². The van der Waals surface area contributed by atoms with Gasteiger partial charge in [0.2, 0.25) is 0 Å². The third-order valence-electron chi connectivity index (χ3n) is 6.27. The minimum atomic E-state index is -0.313. The van der Waals surface area contributed by atoms with E-state index in [0.717, 1.165) is 27.9 Å². The van der Waals surface area contributed by atoms with Crippen LogP contribution in [0.1, 0.15) is 16.8 Å². The number of carbonyl (C=O) groups excluding carboxylic acids is 2. The molecule has 1 aliphatic rings. The number of nitrogens with one attached hydrogen (secondary N) is 2. The molecular weight excluding hydrogens is 454 g/mol. The number of hydrogen-bond donors (Lipinski definition) is 3. The number of anilines is 2. The lowest BCUT2D eigenvalue weighted by molar-refractivity contribution is 0.0938. The Labute approximate surface area is 209 Å². The largest absolute Gasteiger partial charge is 0.383 e. The summed E-state index contributed by atoms with van der Waals surface area (Å²) in [5, 5.41) is 10.2. The first-order valence-corrected chi connectivity index (χ1v) is 11.7. The van der Waals surface area contributed by atoms with Crippen molar-refractivity contribution in [3.63, 3.8) is 0 Å². The second-order valence-electron chi connectivity index (χ2n) is 8.81. The number of nitrogen functional groups attached to an aromatic ring is 1. The zero-order valence-corrected chi connectivity index (χ0v) is 19.9. The predicted octanol–water partition coefficient (Wildman–Crippen LogP) is 3.77. The van der Waals surface area contributed by atoms with Crippen molar-refractivity contribution >= 4 is 23.4 Å². The van der Waals surface area contributed by atoms with E-state index >= 15 is 0 Å². The first-order valence-electron chi connectivity index (χ1n) is 11.7. The Hall–Kier alpha value is -4.66. The Morgan fingerprint density at radius 3 is 2.56 bits per heavy atom. The summed E-state index contributed by atoms with van der Waals surface area (Å²) in [5.74, 6) is -0.155. The first kappa shape index (κ1) is 23.1. The average molecular weight is 482 g/mol. The van der Waals surface area contributed by atoms with E-state index in [1.54, 1.807) is 28.0 Å². The Bertz CT molecular complexity index is 1400. The van der Waals surface area contributed by atoms with Gasteiger partial charge in [0.1, 0.15) is 5.82 Å². The van der Waals surface area contributed by atoms with Gasteiger partial charge < -0.3 is 21.3 Å². The van der Waals surface area contributed by atoms with Gasteiger partial charge in [-0.25, -0.2) is 9.78 Å². The van der Waals surface area contributed by atoms with Crippen molar-refractivity contribution in [2.45, 2.75) is 12.5 Å². The standard InChI is InChI=1S/C27H27N7O2/c1-33-16-20(15-30-33)19-13-23(25(28)29-14-19)26(35)31-21-11-12-34(17-21)27(36)32-24-10-6-5-9-22(24)18-7-3-2-4-8-18/h2-10,13-16,21H,11-12,17H2,1H3,(H2,28,29)(H,31,35)(H,32,36)/t21-/m1/s1. The highest BCUT2D eigenvalue weighted by Gasteiger charge is 2.28. The molecule has 5 rings (SSSR count). The van der Waals surface area contributed by atoms with Crippen LogP contribution in [0.2, 0.25) is 0 Å². The number of hydrogen-bond acceptors (Lipinski definition) is 5. The van der Waals surface area contributed by atoms with E-state index < -0.39 is 0 Å². The molecule has 3 heterocycles. The van der Waals surface area contributed by atoms with Crippen LogP contribution >= 0.6 is 0 Å². The summed E-state index contributed by atoms with van der Waals surface area (Å²) in [6, 6.07) is 19.0. The molecular formula is C27H27N7O2. The van der Waals surface area contributed by atoms with Crippen molar-refractivity contribution in [2.75, 3.05) is 24.1 Å². The number of pyridine rings is 1. The molecule has 9 heteroatoms. The third-order valence-corrected chi connectivity index (χ3v) is 6.27. The molecule has 182 valence electrons. The summed E-state index contributed by atoms with van der Waals surface area (Å²) in [7, 11) is 1.82. The third kappa shape index (κ3) is 4.90. The average Bonchev–Trinajstić information content (AvgIpc) is 3.54. The molecule has 0 unspecified atom stereocenters. The predicted molar refractivity (Wildman–Crippen MR) is 139 cm³/mol. The molecule has 3 amide bonds. The van der Waals surface area contributed by atoms with Crippen LogP contribution < -0.4 is 16.4 Å². The molecule has 0 spiro atoms. The van der Waals surface area contributed by atoms with Gasteiger partial charge in [-0.15, -0.1) is 0 Å².